The van der Waals surface area contributed by atoms with Crippen LogP contribution in [0.5, 0.6) is 0 Å². The van der Waals surface area contributed by atoms with E-state index in [1.165, 1.54) is 12.3 Å². The molecule has 122 valence electrons. The molecule has 10 nitrogen and oxygen atoms in total. The van der Waals surface area contributed by atoms with Gasteiger partial charge in [0, 0.05) is 19.2 Å². The highest BCUT2D eigenvalue weighted by Crippen LogP contribution is 2.12. The monoisotopic (exact) mass is 326 g/mol. The summed E-state index contributed by atoms with van der Waals surface area (Å²) >= 11 is 0. The summed E-state index contributed by atoms with van der Waals surface area (Å²) in [7, 11) is 0. The highest BCUT2D eigenvalue weighted by Gasteiger charge is 2.07. The van der Waals surface area contributed by atoms with Crippen LogP contribution in [0.3, 0.4) is 0 Å². The summed E-state index contributed by atoms with van der Waals surface area (Å²) in [5.41, 5.74) is 0.815. The van der Waals surface area contributed by atoms with E-state index in [4.69, 9.17) is 0 Å². The summed E-state index contributed by atoms with van der Waals surface area (Å²) < 4.78 is 1.60. The Kier molecular flexibility index (Phi) is 4.56. The van der Waals surface area contributed by atoms with Crippen LogP contribution >= 0.6 is 0 Å². The van der Waals surface area contributed by atoms with Crippen LogP contribution in [-0.4, -0.2) is 43.2 Å². The predicted octanol–water partition coefficient (Wildman–Crippen LogP) is 1.49. The molecular formula is C14H14N8O2. The average molecular weight is 326 g/mol. The van der Waals surface area contributed by atoms with Crippen LogP contribution < -0.4 is 10.6 Å². The van der Waals surface area contributed by atoms with Gasteiger partial charge in [-0.3, -0.25) is 10.1 Å². The number of anilines is 2. The van der Waals surface area contributed by atoms with Crippen molar-refractivity contribution < 1.29 is 4.92 Å². The van der Waals surface area contributed by atoms with E-state index >= 15 is 0 Å². The van der Waals surface area contributed by atoms with Gasteiger partial charge in [-0.1, -0.05) is 23.3 Å². The maximum absolute atomic E-state index is 10.6. The largest absolute Gasteiger partial charge is 0.368 e. The Labute approximate surface area is 136 Å². The first-order chi connectivity index (χ1) is 11.7. The van der Waals surface area contributed by atoms with Gasteiger partial charge in [0.2, 0.25) is 5.95 Å². The molecule has 0 saturated heterocycles. The maximum Gasteiger partial charge on any atom is 0.287 e. The van der Waals surface area contributed by atoms with Crippen molar-refractivity contribution in [1.82, 2.24) is 25.2 Å². The van der Waals surface area contributed by atoms with Gasteiger partial charge < -0.3 is 10.6 Å². The van der Waals surface area contributed by atoms with E-state index in [-0.39, 0.29) is 5.69 Å². The molecule has 0 bridgehead atoms. The van der Waals surface area contributed by atoms with Crippen LogP contribution in [0.4, 0.5) is 17.5 Å². The molecule has 0 spiro atoms. The minimum absolute atomic E-state index is 0.0410. The Morgan fingerprint density at radius 1 is 1.08 bits per heavy atom. The molecule has 0 unspecified atom stereocenters. The molecule has 0 atom stereocenters. The van der Waals surface area contributed by atoms with Crippen LogP contribution in [0.2, 0.25) is 0 Å². The van der Waals surface area contributed by atoms with Crippen LogP contribution in [0, 0.1) is 10.1 Å². The smallest absolute Gasteiger partial charge is 0.287 e. The third kappa shape index (κ3) is 3.61. The van der Waals surface area contributed by atoms with Crippen molar-refractivity contribution in [1.29, 1.82) is 0 Å². The van der Waals surface area contributed by atoms with Gasteiger partial charge in [-0.05, 0) is 28.6 Å². The number of aromatic nitrogens is 5. The van der Waals surface area contributed by atoms with E-state index < -0.39 is 4.92 Å². The molecule has 3 rings (SSSR count). The van der Waals surface area contributed by atoms with E-state index in [1.807, 2.05) is 30.3 Å². The zero-order valence-electron chi connectivity index (χ0n) is 12.5. The van der Waals surface area contributed by atoms with Gasteiger partial charge in [-0.15, -0.1) is 0 Å². The van der Waals surface area contributed by atoms with Gasteiger partial charge in [0.05, 0.1) is 10.6 Å². The van der Waals surface area contributed by atoms with Gasteiger partial charge >= 0.3 is 0 Å². The van der Waals surface area contributed by atoms with E-state index in [1.54, 1.807) is 10.7 Å². The molecule has 2 heterocycles. The summed E-state index contributed by atoms with van der Waals surface area (Å²) in [6.45, 7) is 1.10. The number of para-hydroxylation sites is 1. The number of rotatable bonds is 7. The molecule has 24 heavy (non-hydrogen) atoms. The molecule has 2 N–H and O–H groups in total. The van der Waals surface area contributed by atoms with E-state index in [2.05, 4.69) is 31.1 Å². The lowest BCUT2D eigenvalue weighted by Gasteiger charge is -2.08. The zero-order chi connectivity index (χ0) is 16.8. The average Bonchev–Trinajstić information content (AvgIpc) is 3.08. The molecule has 2 aromatic heterocycles. The van der Waals surface area contributed by atoms with Crippen molar-refractivity contribution in [3.05, 3.63) is 58.8 Å². The molecule has 0 aliphatic carbocycles. The fourth-order valence-electron chi connectivity index (χ4n) is 2.00. The summed E-state index contributed by atoms with van der Waals surface area (Å²) in [5.74, 6) is 1.09. The Balaban J connectivity index is 1.52. The van der Waals surface area contributed by atoms with Crippen LogP contribution in [0.25, 0.3) is 5.69 Å². The number of hydrogen-bond donors (Lipinski definition) is 2. The van der Waals surface area contributed by atoms with Gasteiger partial charge in [-0.25, -0.2) is 4.98 Å². The number of pyridine rings is 1. The highest BCUT2D eigenvalue weighted by molar-refractivity contribution is 5.41. The molecule has 10 heteroatoms. The molecule has 0 radical (unpaired) electrons. The van der Waals surface area contributed by atoms with Crippen molar-refractivity contribution in [3.63, 3.8) is 0 Å². The first-order valence-electron chi connectivity index (χ1n) is 7.16. The highest BCUT2D eigenvalue weighted by atomic mass is 16.6. The number of nitrogens with zero attached hydrogens (tertiary/aromatic N) is 6. The van der Waals surface area contributed by atoms with E-state index in [0.717, 1.165) is 5.69 Å². The van der Waals surface area contributed by atoms with Crippen molar-refractivity contribution in [2.75, 3.05) is 23.7 Å². The molecule has 0 fully saturated rings. The van der Waals surface area contributed by atoms with E-state index in [0.29, 0.717) is 24.9 Å². The second-order valence-corrected chi connectivity index (χ2v) is 4.76. The lowest BCUT2D eigenvalue weighted by Crippen LogP contribution is -2.16. The van der Waals surface area contributed by atoms with Gasteiger partial charge in [0.15, 0.2) is 0 Å². The first kappa shape index (κ1) is 15.3. The molecule has 0 saturated carbocycles. The lowest BCUT2D eigenvalue weighted by molar-refractivity contribution is -0.385. The maximum atomic E-state index is 10.6. The summed E-state index contributed by atoms with van der Waals surface area (Å²) in [6.07, 6.45) is 1.21. The number of benzene rings is 1. The standard InChI is InChI=1S/C14H14N8O2/c23-22(24)12-6-7-13(17-10-12)15-8-9-16-14-18-19-20-21(14)11-4-2-1-3-5-11/h1-7,10H,8-9H2,(H,15,17)(H,16,18,20). The fraction of sp³-hybridized carbons (Fsp3) is 0.143. The zero-order valence-corrected chi connectivity index (χ0v) is 12.5. The van der Waals surface area contributed by atoms with Crippen molar-refractivity contribution in [2.45, 2.75) is 0 Å². The number of hydrogen-bond acceptors (Lipinski definition) is 8. The number of tetrazole rings is 1. The second kappa shape index (κ2) is 7.13. The normalized spacial score (nSPS) is 10.3. The van der Waals surface area contributed by atoms with Crippen LogP contribution in [0.1, 0.15) is 0 Å². The van der Waals surface area contributed by atoms with Gasteiger partial charge in [0.25, 0.3) is 5.69 Å². The minimum Gasteiger partial charge on any atom is -0.368 e. The van der Waals surface area contributed by atoms with Crippen molar-refractivity contribution in [2.24, 2.45) is 0 Å². The Hall–Kier alpha value is -3.56. The third-order valence-electron chi connectivity index (χ3n) is 3.14. The molecule has 0 aliphatic rings. The molecule has 0 aliphatic heterocycles. The summed E-state index contributed by atoms with van der Waals surface area (Å²) in [6, 6.07) is 12.5. The second-order valence-electron chi connectivity index (χ2n) is 4.76. The van der Waals surface area contributed by atoms with Crippen molar-refractivity contribution in [3.8, 4) is 5.69 Å². The fourth-order valence-corrected chi connectivity index (χ4v) is 2.00. The Morgan fingerprint density at radius 2 is 1.88 bits per heavy atom. The van der Waals surface area contributed by atoms with Crippen LogP contribution in [-0.2, 0) is 0 Å². The summed E-state index contributed by atoms with van der Waals surface area (Å²) in [4.78, 5) is 14.1. The Bertz CT molecular complexity index is 803. The Morgan fingerprint density at radius 3 is 2.58 bits per heavy atom. The van der Waals surface area contributed by atoms with Crippen LogP contribution in [0.15, 0.2) is 48.7 Å². The SMILES string of the molecule is O=[N+]([O-])c1ccc(NCCNc2nnnn2-c2ccccc2)nc1. The third-order valence-corrected chi connectivity index (χ3v) is 3.14. The number of nitro groups is 1. The molecule has 0 amide bonds. The topological polar surface area (TPSA) is 124 Å². The molecular weight excluding hydrogens is 312 g/mol. The van der Waals surface area contributed by atoms with Gasteiger partial charge in [0.1, 0.15) is 12.0 Å². The molecule has 3 aromatic rings. The quantitative estimate of drug-likeness (QED) is 0.380. The molecule has 1 aromatic carbocycles. The number of nitrogens with one attached hydrogen (secondary N) is 2. The summed E-state index contributed by atoms with van der Waals surface area (Å²) in [5, 5.41) is 28.3. The predicted molar refractivity (Wildman–Crippen MR) is 87.0 cm³/mol. The van der Waals surface area contributed by atoms with Gasteiger partial charge in [-0.2, -0.15) is 4.68 Å². The lowest BCUT2D eigenvalue weighted by atomic mass is 10.3. The van der Waals surface area contributed by atoms with E-state index in [9.17, 15) is 10.1 Å². The van der Waals surface area contributed by atoms with Crippen molar-refractivity contribution >= 4 is 17.5 Å². The minimum atomic E-state index is -0.484. The first-order valence-corrected chi connectivity index (χ1v) is 7.16.